The first kappa shape index (κ1) is 6.25. The van der Waals surface area contributed by atoms with Gasteiger partial charge >= 0.3 is 0 Å². The van der Waals surface area contributed by atoms with Crippen LogP contribution in [0.25, 0.3) is 10.8 Å². The molecule has 0 radical (unpaired) electrons. The molecule has 10 heavy (non-hydrogen) atoms. The van der Waals surface area contributed by atoms with Crippen molar-refractivity contribution >= 4 is 34.7 Å². The number of benzene rings is 1. The molecule has 1 heterocycles. The zero-order valence-electron chi connectivity index (χ0n) is 5.24. The summed E-state index contributed by atoms with van der Waals surface area (Å²) in [5.41, 5.74) is 0. The smallest absolute Gasteiger partial charge is 0.0646 e. The first-order valence-corrected chi connectivity index (χ1v) is 4.36. The van der Waals surface area contributed by atoms with Crippen molar-refractivity contribution in [2.75, 3.05) is 0 Å². The van der Waals surface area contributed by atoms with Gasteiger partial charge < -0.3 is 0 Å². The van der Waals surface area contributed by atoms with Crippen molar-refractivity contribution in [2.24, 2.45) is 0 Å². The number of rotatable bonds is 0. The van der Waals surface area contributed by atoms with E-state index in [-0.39, 0.29) is 0 Å². The molecule has 2 heteroatoms. The third-order valence-electron chi connectivity index (χ3n) is 1.49. The van der Waals surface area contributed by atoms with Gasteiger partial charge in [-0.1, -0.05) is 24.3 Å². The van der Waals surface area contributed by atoms with Gasteiger partial charge in [-0.15, -0.1) is 24.0 Å². The van der Waals surface area contributed by atoms with Gasteiger partial charge in [0.1, 0.15) is 0 Å². The average Bonchev–Trinajstić information content (AvgIpc) is 2.34. The quantitative estimate of drug-likeness (QED) is 0.571. The molecule has 0 amide bonds. The SMILES string of the molecule is Sc1scc2ccccc12. The molecule has 0 unspecified atom stereocenters. The maximum atomic E-state index is 4.32. The molecule has 0 saturated carbocycles. The normalized spacial score (nSPS) is 10.5. The lowest BCUT2D eigenvalue weighted by atomic mass is 10.2. The highest BCUT2D eigenvalue weighted by Gasteiger charge is 1.96. The monoisotopic (exact) mass is 166 g/mol. The molecule has 0 aliphatic heterocycles. The highest BCUT2D eigenvalue weighted by molar-refractivity contribution is 7.83. The summed E-state index contributed by atoms with van der Waals surface area (Å²) < 4.78 is 1.11. The second-order valence-electron chi connectivity index (χ2n) is 2.13. The summed E-state index contributed by atoms with van der Waals surface area (Å²) in [7, 11) is 0. The molecule has 2 rings (SSSR count). The van der Waals surface area contributed by atoms with Gasteiger partial charge in [0.15, 0.2) is 0 Å². The summed E-state index contributed by atoms with van der Waals surface area (Å²) in [6, 6.07) is 8.27. The number of thiol groups is 1. The molecule has 1 aromatic heterocycles. The molecule has 0 N–H and O–H groups in total. The fraction of sp³-hybridized carbons (Fsp3) is 0. The molecule has 2 aromatic rings. The summed E-state index contributed by atoms with van der Waals surface area (Å²) in [5.74, 6) is 0. The van der Waals surface area contributed by atoms with Gasteiger partial charge in [-0.3, -0.25) is 0 Å². The Morgan fingerprint density at radius 1 is 1.20 bits per heavy atom. The van der Waals surface area contributed by atoms with E-state index in [4.69, 9.17) is 0 Å². The second kappa shape index (κ2) is 2.29. The molecule has 0 atom stereocenters. The molecule has 1 aromatic carbocycles. The lowest BCUT2D eigenvalue weighted by Gasteiger charge is -1.86. The van der Waals surface area contributed by atoms with Crippen LogP contribution < -0.4 is 0 Å². The molecule has 50 valence electrons. The molecule has 0 aliphatic carbocycles. The maximum absolute atomic E-state index is 4.32. The zero-order valence-corrected chi connectivity index (χ0v) is 6.95. The number of fused-ring (bicyclic) bond motifs is 1. The van der Waals surface area contributed by atoms with Gasteiger partial charge in [0.2, 0.25) is 0 Å². The minimum absolute atomic E-state index is 1.11. The number of hydrogen-bond acceptors (Lipinski definition) is 2. The summed E-state index contributed by atoms with van der Waals surface area (Å²) in [6.45, 7) is 0. The molecular weight excluding hydrogens is 160 g/mol. The van der Waals surface area contributed by atoms with Crippen LogP contribution in [-0.2, 0) is 0 Å². The van der Waals surface area contributed by atoms with Gasteiger partial charge in [0.25, 0.3) is 0 Å². The van der Waals surface area contributed by atoms with Crippen LogP contribution in [0.1, 0.15) is 0 Å². The molecule has 0 saturated heterocycles. The predicted molar refractivity (Wildman–Crippen MR) is 49.1 cm³/mol. The fourth-order valence-electron chi connectivity index (χ4n) is 0.977. The van der Waals surface area contributed by atoms with E-state index in [1.54, 1.807) is 11.3 Å². The predicted octanol–water partition coefficient (Wildman–Crippen LogP) is 3.19. The lowest BCUT2D eigenvalue weighted by Crippen LogP contribution is -1.60. The Bertz CT molecular complexity index is 349. The second-order valence-corrected chi connectivity index (χ2v) is 3.76. The van der Waals surface area contributed by atoms with E-state index in [9.17, 15) is 0 Å². The highest BCUT2D eigenvalue weighted by Crippen LogP contribution is 2.27. The van der Waals surface area contributed by atoms with E-state index in [0.29, 0.717) is 0 Å². The van der Waals surface area contributed by atoms with Gasteiger partial charge in [0.05, 0.1) is 4.21 Å². The Labute approximate surface area is 68.9 Å². The fourth-order valence-corrected chi connectivity index (χ4v) is 2.10. The Morgan fingerprint density at radius 2 is 2.00 bits per heavy atom. The van der Waals surface area contributed by atoms with E-state index < -0.39 is 0 Å². The number of hydrogen-bond donors (Lipinski definition) is 1. The maximum Gasteiger partial charge on any atom is 0.0646 e. The average molecular weight is 166 g/mol. The summed E-state index contributed by atoms with van der Waals surface area (Å²) in [5, 5.41) is 4.67. The third kappa shape index (κ3) is 0.842. The lowest BCUT2D eigenvalue weighted by molar-refractivity contribution is 1.78. The van der Waals surface area contributed by atoms with Gasteiger partial charge in [-0.2, -0.15) is 0 Å². The van der Waals surface area contributed by atoms with E-state index in [1.165, 1.54) is 10.8 Å². The Morgan fingerprint density at radius 3 is 2.80 bits per heavy atom. The first-order chi connectivity index (χ1) is 4.88. The number of thiophene rings is 1. The third-order valence-corrected chi connectivity index (χ3v) is 2.86. The zero-order chi connectivity index (χ0) is 6.97. The van der Waals surface area contributed by atoms with Gasteiger partial charge in [0, 0.05) is 5.39 Å². The van der Waals surface area contributed by atoms with E-state index >= 15 is 0 Å². The van der Waals surface area contributed by atoms with Crippen LogP contribution in [0.3, 0.4) is 0 Å². The highest BCUT2D eigenvalue weighted by atomic mass is 32.2. The van der Waals surface area contributed by atoms with E-state index in [0.717, 1.165) is 4.21 Å². The Hall–Kier alpha value is -0.470. The van der Waals surface area contributed by atoms with E-state index in [2.05, 4.69) is 30.1 Å². The molecule has 0 bridgehead atoms. The summed E-state index contributed by atoms with van der Waals surface area (Å²) >= 11 is 6.00. The summed E-state index contributed by atoms with van der Waals surface area (Å²) in [4.78, 5) is 0. The van der Waals surface area contributed by atoms with Crippen LogP contribution >= 0.6 is 24.0 Å². The van der Waals surface area contributed by atoms with Crippen molar-refractivity contribution in [3.8, 4) is 0 Å². The van der Waals surface area contributed by atoms with E-state index in [1.807, 2.05) is 12.1 Å². The molecule has 0 spiro atoms. The minimum atomic E-state index is 1.11. The largest absolute Gasteiger partial charge is 0.136 e. The Kier molecular flexibility index (Phi) is 1.43. The van der Waals surface area contributed by atoms with Crippen LogP contribution in [0.2, 0.25) is 0 Å². The van der Waals surface area contributed by atoms with Crippen molar-refractivity contribution in [1.29, 1.82) is 0 Å². The van der Waals surface area contributed by atoms with Crippen molar-refractivity contribution in [1.82, 2.24) is 0 Å². The van der Waals surface area contributed by atoms with Crippen molar-refractivity contribution in [3.63, 3.8) is 0 Å². The van der Waals surface area contributed by atoms with Gasteiger partial charge in [-0.25, -0.2) is 0 Å². The van der Waals surface area contributed by atoms with Crippen LogP contribution in [0.15, 0.2) is 33.9 Å². The molecule has 0 aliphatic rings. The first-order valence-electron chi connectivity index (χ1n) is 3.03. The van der Waals surface area contributed by atoms with Crippen LogP contribution in [0.5, 0.6) is 0 Å². The van der Waals surface area contributed by atoms with Crippen LogP contribution in [0.4, 0.5) is 0 Å². The Balaban J connectivity index is 2.93. The molecule has 0 fully saturated rings. The minimum Gasteiger partial charge on any atom is -0.136 e. The van der Waals surface area contributed by atoms with Crippen molar-refractivity contribution in [3.05, 3.63) is 29.6 Å². The molecular formula is C8H6S2. The standard InChI is InChI=1S/C8H6S2/c9-8-7-4-2-1-3-6(7)5-10-8/h1-5,9H. The topological polar surface area (TPSA) is 0 Å². The molecule has 0 nitrogen and oxygen atoms in total. The van der Waals surface area contributed by atoms with Crippen molar-refractivity contribution < 1.29 is 0 Å². The van der Waals surface area contributed by atoms with Crippen LogP contribution in [-0.4, -0.2) is 0 Å². The van der Waals surface area contributed by atoms with Gasteiger partial charge in [-0.05, 0) is 10.8 Å². The van der Waals surface area contributed by atoms with Crippen molar-refractivity contribution in [2.45, 2.75) is 4.21 Å². The summed E-state index contributed by atoms with van der Waals surface area (Å²) in [6.07, 6.45) is 0. The van der Waals surface area contributed by atoms with Crippen LogP contribution in [0, 0.1) is 0 Å².